The molecule has 1 saturated heterocycles. The standard InChI is InChI=1S/C24H27FN4OS/c1-16-15-18(17(2)29(16)21-11-5-4-9-19(21)25)23-22(20-10-6-7-12-26-20)27-24(31)28(23)13-8-14-30-3/h4-7,9-12,15,22-23H,8,13-14H2,1-3H3,(H,27,31). The Kier molecular flexibility index (Phi) is 6.34. The number of nitrogens with zero attached hydrogens (tertiary/aromatic N) is 3. The maximum absolute atomic E-state index is 14.6. The second-order valence-corrected chi connectivity index (χ2v) is 8.17. The molecule has 2 atom stereocenters. The lowest BCUT2D eigenvalue weighted by molar-refractivity contribution is 0.180. The summed E-state index contributed by atoms with van der Waals surface area (Å²) >= 11 is 5.72. The van der Waals surface area contributed by atoms with Gasteiger partial charge in [-0.2, -0.15) is 0 Å². The molecule has 0 amide bonds. The van der Waals surface area contributed by atoms with Gasteiger partial charge in [-0.15, -0.1) is 0 Å². The summed E-state index contributed by atoms with van der Waals surface area (Å²) in [6.45, 7) is 5.47. The van der Waals surface area contributed by atoms with Crippen LogP contribution in [0.4, 0.5) is 4.39 Å². The minimum absolute atomic E-state index is 0.0500. The Morgan fingerprint density at radius 2 is 1.94 bits per heavy atom. The predicted octanol–water partition coefficient (Wildman–Crippen LogP) is 4.64. The molecular formula is C24H27FN4OS. The van der Waals surface area contributed by atoms with Crippen LogP contribution in [0.25, 0.3) is 5.69 Å². The molecule has 5 nitrogen and oxygen atoms in total. The third-order valence-electron chi connectivity index (χ3n) is 5.83. The molecule has 0 radical (unpaired) electrons. The largest absolute Gasteiger partial charge is 0.385 e. The Bertz CT molecular complexity index is 1070. The fourth-order valence-electron chi connectivity index (χ4n) is 4.45. The summed E-state index contributed by atoms with van der Waals surface area (Å²) in [5.74, 6) is -0.242. The minimum Gasteiger partial charge on any atom is -0.385 e. The highest BCUT2D eigenvalue weighted by Crippen LogP contribution is 2.41. The monoisotopic (exact) mass is 438 g/mol. The molecule has 1 N–H and O–H groups in total. The van der Waals surface area contributed by atoms with E-state index in [-0.39, 0.29) is 17.9 Å². The molecule has 2 aromatic heterocycles. The summed E-state index contributed by atoms with van der Waals surface area (Å²) in [6, 6.07) is 14.8. The summed E-state index contributed by atoms with van der Waals surface area (Å²) < 4.78 is 21.9. The van der Waals surface area contributed by atoms with Gasteiger partial charge in [0.1, 0.15) is 5.82 Å². The van der Waals surface area contributed by atoms with Gasteiger partial charge in [-0.1, -0.05) is 18.2 Å². The number of rotatable bonds is 7. The molecule has 0 saturated carbocycles. The molecule has 0 bridgehead atoms. The molecule has 4 rings (SSSR count). The highest BCUT2D eigenvalue weighted by molar-refractivity contribution is 7.80. The number of aryl methyl sites for hydroxylation is 1. The topological polar surface area (TPSA) is 42.3 Å². The molecule has 162 valence electrons. The van der Waals surface area contributed by atoms with Crippen LogP contribution in [0.5, 0.6) is 0 Å². The number of nitrogens with one attached hydrogen (secondary N) is 1. The Hall–Kier alpha value is -2.77. The van der Waals surface area contributed by atoms with Gasteiger partial charge in [0.05, 0.1) is 23.5 Å². The van der Waals surface area contributed by atoms with Crippen LogP contribution >= 0.6 is 12.2 Å². The predicted molar refractivity (Wildman–Crippen MR) is 124 cm³/mol. The molecule has 2 unspecified atom stereocenters. The van der Waals surface area contributed by atoms with E-state index in [1.54, 1.807) is 19.4 Å². The van der Waals surface area contributed by atoms with Gasteiger partial charge in [-0.3, -0.25) is 4.98 Å². The molecule has 3 heterocycles. The third-order valence-corrected chi connectivity index (χ3v) is 6.18. The van der Waals surface area contributed by atoms with E-state index in [1.807, 2.05) is 48.7 Å². The van der Waals surface area contributed by atoms with Crippen molar-refractivity contribution in [3.8, 4) is 5.69 Å². The van der Waals surface area contributed by atoms with Crippen molar-refractivity contribution < 1.29 is 9.13 Å². The van der Waals surface area contributed by atoms with Crippen LogP contribution < -0.4 is 5.32 Å². The highest BCUT2D eigenvalue weighted by Gasteiger charge is 2.41. The first-order valence-electron chi connectivity index (χ1n) is 10.4. The second kappa shape index (κ2) is 9.16. The van der Waals surface area contributed by atoms with E-state index in [2.05, 4.69) is 21.3 Å². The number of hydrogen-bond acceptors (Lipinski definition) is 3. The first-order chi connectivity index (χ1) is 15.0. The fraction of sp³-hybridized carbons (Fsp3) is 0.333. The highest BCUT2D eigenvalue weighted by atomic mass is 32.1. The Morgan fingerprint density at radius 1 is 1.16 bits per heavy atom. The van der Waals surface area contributed by atoms with Crippen LogP contribution in [0.2, 0.25) is 0 Å². The van der Waals surface area contributed by atoms with Crippen LogP contribution in [-0.2, 0) is 4.74 Å². The molecule has 1 aromatic carbocycles. The Labute approximate surface area is 187 Å². The zero-order valence-corrected chi connectivity index (χ0v) is 18.8. The minimum atomic E-state index is -0.242. The number of para-hydroxylation sites is 1. The number of benzene rings is 1. The van der Waals surface area contributed by atoms with Crippen LogP contribution in [0.15, 0.2) is 54.7 Å². The number of aromatic nitrogens is 2. The zero-order chi connectivity index (χ0) is 22.0. The third kappa shape index (κ3) is 4.07. The summed E-state index contributed by atoms with van der Waals surface area (Å²) in [5, 5.41) is 4.17. The fourth-order valence-corrected chi connectivity index (χ4v) is 4.79. The normalized spacial score (nSPS) is 18.5. The van der Waals surface area contributed by atoms with Gasteiger partial charge in [0.25, 0.3) is 0 Å². The van der Waals surface area contributed by atoms with E-state index >= 15 is 0 Å². The smallest absolute Gasteiger partial charge is 0.170 e. The second-order valence-electron chi connectivity index (χ2n) is 7.78. The van der Waals surface area contributed by atoms with E-state index in [4.69, 9.17) is 17.0 Å². The van der Waals surface area contributed by atoms with Crippen molar-refractivity contribution in [3.63, 3.8) is 0 Å². The van der Waals surface area contributed by atoms with Crippen molar-refractivity contribution in [2.24, 2.45) is 0 Å². The van der Waals surface area contributed by atoms with Gasteiger partial charge in [0.2, 0.25) is 0 Å². The number of ether oxygens (including phenoxy) is 1. The average molecular weight is 439 g/mol. The van der Waals surface area contributed by atoms with Crippen LogP contribution in [0, 0.1) is 19.7 Å². The van der Waals surface area contributed by atoms with Crippen molar-refractivity contribution >= 4 is 17.3 Å². The Morgan fingerprint density at radius 3 is 2.65 bits per heavy atom. The average Bonchev–Trinajstić information content (AvgIpc) is 3.25. The van der Waals surface area contributed by atoms with Gasteiger partial charge < -0.3 is 19.5 Å². The number of hydrogen-bond donors (Lipinski definition) is 1. The van der Waals surface area contributed by atoms with E-state index < -0.39 is 0 Å². The summed E-state index contributed by atoms with van der Waals surface area (Å²) in [5.41, 5.74) is 4.57. The lowest BCUT2D eigenvalue weighted by atomic mass is 9.96. The molecule has 1 aliphatic rings. The first-order valence-corrected chi connectivity index (χ1v) is 10.8. The van der Waals surface area contributed by atoms with Crippen molar-refractivity contribution in [1.29, 1.82) is 0 Å². The van der Waals surface area contributed by atoms with Gasteiger partial charge in [-0.05, 0) is 68.4 Å². The van der Waals surface area contributed by atoms with Crippen molar-refractivity contribution in [2.75, 3.05) is 20.3 Å². The number of methoxy groups -OCH3 is 1. The molecule has 1 fully saturated rings. The quantitative estimate of drug-likeness (QED) is 0.430. The van der Waals surface area contributed by atoms with E-state index in [1.165, 1.54) is 6.07 Å². The SMILES string of the molecule is COCCCN1C(=S)NC(c2ccccn2)C1c1cc(C)n(-c2ccccc2F)c1C. The lowest BCUT2D eigenvalue weighted by Crippen LogP contribution is -2.31. The molecule has 0 spiro atoms. The van der Waals surface area contributed by atoms with Crippen LogP contribution in [0.3, 0.4) is 0 Å². The maximum atomic E-state index is 14.6. The molecule has 3 aromatic rings. The lowest BCUT2D eigenvalue weighted by Gasteiger charge is -2.28. The molecular weight excluding hydrogens is 411 g/mol. The number of halogens is 1. The molecule has 1 aliphatic heterocycles. The summed E-state index contributed by atoms with van der Waals surface area (Å²) in [6.07, 6.45) is 2.66. The van der Waals surface area contributed by atoms with Crippen molar-refractivity contribution in [3.05, 3.63) is 83.2 Å². The number of pyridine rings is 1. The molecule has 31 heavy (non-hydrogen) atoms. The summed E-state index contributed by atoms with van der Waals surface area (Å²) in [4.78, 5) is 6.80. The number of thiocarbonyl (C=S) groups is 1. The van der Waals surface area contributed by atoms with Gasteiger partial charge >= 0.3 is 0 Å². The van der Waals surface area contributed by atoms with E-state index in [0.29, 0.717) is 17.4 Å². The van der Waals surface area contributed by atoms with Crippen molar-refractivity contribution in [1.82, 2.24) is 19.8 Å². The van der Waals surface area contributed by atoms with Gasteiger partial charge in [0.15, 0.2) is 5.11 Å². The first kappa shape index (κ1) is 21.5. The van der Waals surface area contributed by atoms with Crippen molar-refractivity contribution in [2.45, 2.75) is 32.4 Å². The van der Waals surface area contributed by atoms with E-state index in [0.717, 1.165) is 35.6 Å². The molecule has 0 aliphatic carbocycles. The summed E-state index contributed by atoms with van der Waals surface area (Å²) in [7, 11) is 1.71. The van der Waals surface area contributed by atoms with Gasteiger partial charge in [-0.25, -0.2) is 4.39 Å². The van der Waals surface area contributed by atoms with Crippen LogP contribution in [-0.4, -0.2) is 39.8 Å². The van der Waals surface area contributed by atoms with Gasteiger partial charge in [0, 0.05) is 37.8 Å². The maximum Gasteiger partial charge on any atom is 0.170 e. The van der Waals surface area contributed by atoms with Crippen LogP contribution in [0.1, 0.15) is 41.1 Å². The van der Waals surface area contributed by atoms with E-state index in [9.17, 15) is 4.39 Å². The molecule has 7 heteroatoms. The Balaban J connectivity index is 1.80. The zero-order valence-electron chi connectivity index (χ0n) is 18.0.